The minimum atomic E-state index is -0.272. The van der Waals surface area contributed by atoms with Crippen LogP contribution in [0.25, 0.3) is 0 Å². The zero-order valence-electron chi connectivity index (χ0n) is 9.59. The second-order valence-electron chi connectivity index (χ2n) is 4.13. The third-order valence-corrected chi connectivity index (χ3v) is 2.02. The number of ether oxygens (including phenoxy) is 1. The number of carbonyl (C=O) groups excluding carboxylic acids is 1. The number of hydrogen-bond donors (Lipinski definition) is 2. The molecule has 0 fully saturated rings. The van der Waals surface area contributed by atoms with E-state index in [4.69, 9.17) is 10.5 Å². The highest BCUT2D eigenvalue weighted by atomic mass is 16.5. The van der Waals surface area contributed by atoms with Gasteiger partial charge in [0.15, 0.2) is 0 Å². The van der Waals surface area contributed by atoms with Crippen molar-refractivity contribution in [3.05, 3.63) is 0 Å². The monoisotopic (exact) mass is 202 g/mol. The molecule has 84 valence electrons. The number of primary amides is 1. The minimum Gasteiger partial charge on any atom is -0.375 e. The number of rotatable bonds is 7. The Labute approximate surface area is 86.2 Å². The standard InChI is InChI=1S/C10H22N2O2/c1-5-14-10(3,4)7-12-6-8(2)9(11)13/h8,12H,5-7H2,1-4H3,(H2,11,13). The molecule has 14 heavy (non-hydrogen) atoms. The number of carbonyl (C=O) groups is 1. The molecule has 4 nitrogen and oxygen atoms in total. The molecule has 0 aromatic rings. The Kier molecular flexibility index (Phi) is 5.72. The third-order valence-electron chi connectivity index (χ3n) is 2.02. The van der Waals surface area contributed by atoms with Crippen LogP contribution in [0.5, 0.6) is 0 Å². The molecule has 0 aromatic carbocycles. The highest BCUT2D eigenvalue weighted by Gasteiger charge is 2.17. The molecule has 0 aliphatic rings. The van der Waals surface area contributed by atoms with E-state index in [9.17, 15) is 4.79 Å². The number of hydrogen-bond acceptors (Lipinski definition) is 3. The van der Waals surface area contributed by atoms with Gasteiger partial charge in [0, 0.05) is 25.6 Å². The molecule has 0 heterocycles. The van der Waals surface area contributed by atoms with Gasteiger partial charge in [-0.15, -0.1) is 0 Å². The average molecular weight is 202 g/mol. The highest BCUT2D eigenvalue weighted by molar-refractivity contribution is 5.76. The van der Waals surface area contributed by atoms with Gasteiger partial charge < -0.3 is 15.8 Å². The van der Waals surface area contributed by atoms with E-state index < -0.39 is 0 Å². The lowest BCUT2D eigenvalue weighted by molar-refractivity contribution is -0.121. The van der Waals surface area contributed by atoms with Crippen LogP contribution in [-0.4, -0.2) is 31.2 Å². The van der Waals surface area contributed by atoms with Gasteiger partial charge in [-0.05, 0) is 20.8 Å². The van der Waals surface area contributed by atoms with Crippen LogP contribution in [-0.2, 0) is 9.53 Å². The largest absolute Gasteiger partial charge is 0.375 e. The smallest absolute Gasteiger partial charge is 0.221 e. The van der Waals surface area contributed by atoms with Crippen molar-refractivity contribution in [1.29, 1.82) is 0 Å². The van der Waals surface area contributed by atoms with Crippen LogP contribution in [0.1, 0.15) is 27.7 Å². The van der Waals surface area contributed by atoms with Crippen molar-refractivity contribution in [2.24, 2.45) is 11.7 Å². The van der Waals surface area contributed by atoms with Gasteiger partial charge in [0.25, 0.3) is 0 Å². The summed E-state index contributed by atoms with van der Waals surface area (Å²) in [7, 11) is 0. The lowest BCUT2D eigenvalue weighted by atomic mass is 10.1. The van der Waals surface area contributed by atoms with Crippen LogP contribution in [0.15, 0.2) is 0 Å². The fourth-order valence-corrected chi connectivity index (χ4v) is 1.13. The van der Waals surface area contributed by atoms with Crippen molar-refractivity contribution >= 4 is 5.91 Å². The first-order valence-electron chi connectivity index (χ1n) is 5.03. The molecule has 0 bridgehead atoms. The average Bonchev–Trinajstić information content (AvgIpc) is 2.03. The Balaban J connectivity index is 3.67. The van der Waals surface area contributed by atoms with Gasteiger partial charge in [-0.2, -0.15) is 0 Å². The summed E-state index contributed by atoms with van der Waals surface area (Å²) in [5.74, 6) is -0.404. The molecule has 0 spiro atoms. The summed E-state index contributed by atoms with van der Waals surface area (Å²) >= 11 is 0. The molecule has 1 unspecified atom stereocenters. The molecule has 1 amide bonds. The van der Waals surface area contributed by atoms with Crippen molar-refractivity contribution in [3.8, 4) is 0 Å². The summed E-state index contributed by atoms with van der Waals surface area (Å²) in [4.78, 5) is 10.7. The lowest BCUT2D eigenvalue weighted by Crippen LogP contribution is -2.41. The van der Waals surface area contributed by atoms with Gasteiger partial charge in [0.05, 0.1) is 5.60 Å². The maximum absolute atomic E-state index is 10.7. The molecule has 0 aromatic heterocycles. The molecule has 0 radical (unpaired) electrons. The predicted molar refractivity (Wildman–Crippen MR) is 56.9 cm³/mol. The van der Waals surface area contributed by atoms with Gasteiger partial charge in [-0.3, -0.25) is 4.79 Å². The topological polar surface area (TPSA) is 64.3 Å². The second-order valence-corrected chi connectivity index (χ2v) is 4.13. The first kappa shape index (κ1) is 13.4. The Morgan fingerprint density at radius 2 is 2.14 bits per heavy atom. The van der Waals surface area contributed by atoms with E-state index in [1.807, 2.05) is 27.7 Å². The van der Waals surface area contributed by atoms with Crippen LogP contribution in [0, 0.1) is 5.92 Å². The number of nitrogens with one attached hydrogen (secondary N) is 1. The van der Waals surface area contributed by atoms with E-state index in [2.05, 4.69) is 5.32 Å². The van der Waals surface area contributed by atoms with Crippen molar-refractivity contribution in [3.63, 3.8) is 0 Å². The van der Waals surface area contributed by atoms with Crippen LogP contribution in [0.2, 0.25) is 0 Å². The lowest BCUT2D eigenvalue weighted by Gasteiger charge is -2.25. The van der Waals surface area contributed by atoms with Gasteiger partial charge in [-0.25, -0.2) is 0 Å². The summed E-state index contributed by atoms with van der Waals surface area (Å²) < 4.78 is 5.49. The Morgan fingerprint density at radius 3 is 2.57 bits per heavy atom. The molecule has 4 heteroatoms. The van der Waals surface area contributed by atoms with E-state index in [1.165, 1.54) is 0 Å². The summed E-state index contributed by atoms with van der Waals surface area (Å²) in [6.07, 6.45) is 0. The second kappa shape index (κ2) is 5.98. The van der Waals surface area contributed by atoms with E-state index >= 15 is 0 Å². The van der Waals surface area contributed by atoms with Crippen molar-refractivity contribution < 1.29 is 9.53 Å². The van der Waals surface area contributed by atoms with Crippen molar-refractivity contribution in [1.82, 2.24) is 5.32 Å². The maximum Gasteiger partial charge on any atom is 0.221 e. The van der Waals surface area contributed by atoms with Crippen molar-refractivity contribution in [2.45, 2.75) is 33.3 Å². The maximum atomic E-state index is 10.7. The first-order chi connectivity index (χ1) is 6.39. The summed E-state index contributed by atoms with van der Waals surface area (Å²) in [5.41, 5.74) is 4.95. The zero-order valence-corrected chi connectivity index (χ0v) is 9.59. The fraction of sp³-hybridized carbons (Fsp3) is 0.900. The Bertz CT molecular complexity index is 181. The van der Waals surface area contributed by atoms with Gasteiger partial charge >= 0.3 is 0 Å². The quantitative estimate of drug-likeness (QED) is 0.632. The molecule has 1 atom stereocenters. The number of amides is 1. The van der Waals surface area contributed by atoms with Gasteiger partial charge in [0.1, 0.15) is 0 Å². The number of nitrogens with two attached hydrogens (primary N) is 1. The molecular weight excluding hydrogens is 180 g/mol. The molecule has 0 saturated carbocycles. The van der Waals surface area contributed by atoms with E-state index in [1.54, 1.807) is 0 Å². The van der Waals surface area contributed by atoms with Crippen LogP contribution in [0.4, 0.5) is 0 Å². The van der Waals surface area contributed by atoms with E-state index in [-0.39, 0.29) is 17.4 Å². The van der Waals surface area contributed by atoms with E-state index in [0.29, 0.717) is 13.2 Å². The normalized spacial score (nSPS) is 14.0. The molecule has 3 N–H and O–H groups in total. The zero-order chi connectivity index (χ0) is 11.2. The van der Waals surface area contributed by atoms with Gasteiger partial charge in [-0.1, -0.05) is 6.92 Å². The molecular formula is C10H22N2O2. The summed E-state index contributed by atoms with van der Waals surface area (Å²) in [6.45, 7) is 9.82. The van der Waals surface area contributed by atoms with Gasteiger partial charge in [0.2, 0.25) is 5.91 Å². The van der Waals surface area contributed by atoms with E-state index in [0.717, 1.165) is 6.54 Å². The van der Waals surface area contributed by atoms with Crippen LogP contribution in [0.3, 0.4) is 0 Å². The summed E-state index contributed by atoms with van der Waals surface area (Å²) in [6, 6.07) is 0. The summed E-state index contributed by atoms with van der Waals surface area (Å²) in [5, 5.41) is 3.17. The first-order valence-corrected chi connectivity index (χ1v) is 5.03. The Morgan fingerprint density at radius 1 is 1.57 bits per heavy atom. The molecule has 0 aliphatic heterocycles. The Hall–Kier alpha value is -0.610. The third kappa shape index (κ3) is 5.94. The molecule has 0 aliphatic carbocycles. The fourth-order valence-electron chi connectivity index (χ4n) is 1.13. The minimum absolute atomic E-state index is 0.132. The SMILES string of the molecule is CCOC(C)(C)CNCC(C)C(N)=O. The van der Waals surface area contributed by atoms with Crippen LogP contribution >= 0.6 is 0 Å². The van der Waals surface area contributed by atoms with Crippen LogP contribution < -0.4 is 11.1 Å². The predicted octanol–water partition coefficient (Wildman–Crippen LogP) is 0.513. The molecule has 0 saturated heterocycles. The molecule has 0 rings (SSSR count). The van der Waals surface area contributed by atoms with Crippen molar-refractivity contribution in [2.75, 3.05) is 19.7 Å². The highest BCUT2D eigenvalue weighted by Crippen LogP contribution is 2.06.